The molecule has 36 heavy (non-hydrogen) atoms. The number of hydrogen-bond donors (Lipinski definition) is 2. The van der Waals surface area contributed by atoms with Crippen LogP contribution in [-0.2, 0) is 0 Å². The Hall–Kier alpha value is -4.00. The van der Waals surface area contributed by atoms with Crippen LogP contribution in [0.2, 0.25) is 10.0 Å². The molecule has 0 unspecified atom stereocenters. The predicted octanol–water partition coefficient (Wildman–Crippen LogP) is 7.18. The molecular weight excluding hydrogens is 499 g/mol. The highest BCUT2D eigenvalue weighted by atomic mass is 35.5. The molecule has 0 radical (unpaired) electrons. The van der Waals surface area contributed by atoms with E-state index in [0.29, 0.717) is 44.0 Å². The maximum atomic E-state index is 12.7. The van der Waals surface area contributed by atoms with Crippen LogP contribution in [0.25, 0.3) is 11.1 Å². The third-order valence-electron chi connectivity index (χ3n) is 5.47. The van der Waals surface area contributed by atoms with Crippen LogP contribution in [0.3, 0.4) is 0 Å². The summed E-state index contributed by atoms with van der Waals surface area (Å²) < 4.78 is 11.0. The Kier molecular flexibility index (Phi) is 7.78. The standard InChI is InChI=1S/C28H22Cl2N2O4/c1-35-25-15-17(11-13-23(25)31-27(33)19-7-3-5-9-21(19)29)18-12-14-24(26(16-18)36-2)32-28(34)20-8-4-6-10-22(20)30/h3-16H,1-2H3,(H,31,33)(H,32,34). The van der Waals surface area contributed by atoms with Crippen LogP contribution < -0.4 is 20.1 Å². The number of amides is 2. The van der Waals surface area contributed by atoms with Crippen LogP contribution >= 0.6 is 23.2 Å². The van der Waals surface area contributed by atoms with E-state index in [9.17, 15) is 9.59 Å². The van der Waals surface area contributed by atoms with Gasteiger partial charge in [0.1, 0.15) is 11.5 Å². The second-order valence-corrected chi connectivity index (χ2v) is 8.51. The van der Waals surface area contributed by atoms with Crippen LogP contribution in [0.4, 0.5) is 11.4 Å². The van der Waals surface area contributed by atoms with Crippen molar-refractivity contribution in [1.82, 2.24) is 0 Å². The molecule has 8 heteroatoms. The number of benzene rings is 4. The average Bonchev–Trinajstić information content (AvgIpc) is 2.89. The van der Waals surface area contributed by atoms with Gasteiger partial charge in [0.2, 0.25) is 0 Å². The van der Waals surface area contributed by atoms with E-state index in [1.807, 2.05) is 12.1 Å². The zero-order valence-corrected chi connectivity index (χ0v) is 21.0. The Labute approximate surface area is 218 Å². The molecule has 0 aliphatic heterocycles. The summed E-state index contributed by atoms with van der Waals surface area (Å²) in [7, 11) is 3.05. The van der Waals surface area contributed by atoms with E-state index in [0.717, 1.165) is 11.1 Å². The lowest BCUT2D eigenvalue weighted by Crippen LogP contribution is -2.13. The fourth-order valence-electron chi connectivity index (χ4n) is 3.62. The highest BCUT2D eigenvalue weighted by molar-refractivity contribution is 6.35. The first kappa shape index (κ1) is 25.1. The zero-order valence-electron chi connectivity index (χ0n) is 19.5. The SMILES string of the molecule is COc1cc(-c2ccc(NC(=O)c3ccccc3Cl)c(OC)c2)ccc1NC(=O)c1ccccc1Cl. The van der Waals surface area contributed by atoms with Crippen LogP contribution in [0, 0.1) is 0 Å². The Bertz CT molecular complexity index is 1330. The Balaban J connectivity index is 1.58. The van der Waals surface area contributed by atoms with Crippen molar-refractivity contribution in [2.75, 3.05) is 24.9 Å². The molecule has 0 saturated carbocycles. The number of rotatable bonds is 7. The van der Waals surface area contributed by atoms with Gasteiger partial charge < -0.3 is 20.1 Å². The highest BCUT2D eigenvalue weighted by Crippen LogP contribution is 2.35. The topological polar surface area (TPSA) is 76.7 Å². The largest absolute Gasteiger partial charge is 0.495 e. The molecular formula is C28H22Cl2N2O4. The summed E-state index contributed by atoms with van der Waals surface area (Å²) in [5, 5.41) is 6.40. The van der Waals surface area contributed by atoms with Crippen molar-refractivity contribution in [1.29, 1.82) is 0 Å². The van der Waals surface area contributed by atoms with E-state index in [2.05, 4.69) is 10.6 Å². The molecule has 2 N–H and O–H groups in total. The van der Waals surface area contributed by atoms with Crippen LogP contribution in [0.5, 0.6) is 11.5 Å². The Morgan fingerprint density at radius 2 is 1.00 bits per heavy atom. The van der Waals surface area contributed by atoms with Crippen molar-refractivity contribution in [3.63, 3.8) is 0 Å². The lowest BCUT2D eigenvalue weighted by molar-refractivity contribution is 0.101. The number of carbonyl (C=O) groups excluding carboxylic acids is 2. The molecule has 0 atom stereocenters. The van der Waals surface area contributed by atoms with Crippen molar-refractivity contribution in [3.8, 4) is 22.6 Å². The van der Waals surface area contributed by atoms with Gasteiger partial charge in [-0.05, 0) is 59.7 Å². The second kappa shape index (κ2) is 11.2. The smallest absolute Gasteiger partial charge is 0.257 e. The number of halogens is 2. The minimum absolute atomic E-state index is 0.341. The van der Waals surface area contributed by atoms with Gasteiger partial charge in [-0.15, -0.1) is 0 Å². The third-order valence-corrected chi connectivity index (χ3v) is 6.13. The predicted molar refractivity (Wildman–Crippen MR) is 144 cm³/mol. The average molecular weight is 521 g/mol. The summed E-state index contributed by atoms with van der Waals surface area (Å²) in [6.45, 7) is 0. The molecule has 4 rings (SSSR count). The normalized spacial score (nSPS) is 10.4. The highest BCUT2D eigenvalue weighted by Gasteiger charge is 2.16. The van der Waals surface area contributed by atoms with Crippen LogP contribution in [0.15, 0.2) is 84.9 Å². The first-order valence-electron chi connectivity index (χ1n) is 10.9. The monoisotopic (exact) mass is 520 g/mol. The number of ether oxygens (including phenoxy) is 2. The molecule has 4 aromatic rings. The molecule has 0 spiro atoms. The van der Waals surface area contributed by atoms with Gasteiger partial charge in [-0.2, -0.15) is 0 Å². The number of carbonyl (C=O) groups is 2. The maximum absolute atomic E-state index is 12.7. The molecule has 2 amide bonds. The lowest BCUT2D eigenvalue weighted by atomic mass is 10.0. The fraction of sp³-hybridized carbons (Fsp3) is 0.0714. The summed E-state index contributed by atoms with van der Waals surface area (Å²) in [5.74, 6) is 0.268. The molecule has 0 aliphatic rings. The molecule has 4 aromatic carbocycles. The van der Waals surface area contributed by atoms with E-state index < -0.39 is 0 Å². The molecule has 0 saturated heterocycles. The van der Waals surface area contributed by atoms with Crippen molar-refractivity contribution in [3.05, 3.63) is 106 Å². The van der Waals surface area contributed by atoms with Gasteiger partial charge in [0.05, 0.1) is 46.8 Å². The van der Waals surface area contributed by atoms with Gasteiger partial charge in [0, 0.05) is 0 Å². The summed E-state index contributed by atoms with van der Waals surface area (Å²) in [4.78, 5) is 25.4. The first-order chi connectivity index (χ1) is 17.4. The van der Waals surface area contributed by atoms with Gasteiger partial charge in [-0.1, -0.05) is 59.6 Å². The Morgan fingerprint density at radius 1 is 0.611 bits per heavy atom. The van der Waals surface area contributed by atoms with Gasteiger partial charge in [0.15, 0.2) is 0 Å². The number of methoxy groups -OCH3 is 2. The minimum Gasteiger partial charge on any atom is -0.495 e. The molecule has 6 nitrogen and oxygen atoms in total. The van der Waals surface area contributed by atoms with E-state index in [1.54, 1.807) is 72.8 Å². The molecule has 0 aromatic heterocycles. The van der Waals surface area contributed by atoms with Crippen molar-refractivity contribution >= 4 is 46.4 Å². The van der Waals surface area contributed by atoms with Gasteiger partial charge in [0.25, 0.3) is 11.8 Å². The van der Waals surface area contributed by atoms with Crippen molar-refractivity contribution < 1.29 is 19.1 Å². The summed E-state index contributed by atoms with van der Waals surface area (Å²) in [6, 6.07) is 24.4. The van der Waals surface area contributed by atoms with Crippen LogP contribution in [-0.4, -0.2) is 26.0 Å². The zero-order chi connectivity index (χ0) is 25.7. The van der Waals surface area contributed by atoms with Crippen LogP contribution in [0.1, 0.15) is 20.7 Å². The van der Waals surface area contributed by atoms with E-state index in [1.165, 1.54) is 14.2 Å². The van der Waals surface area contributed by atoms with Gasteiger partial charge in [-0.3, -0.25) is 9.59 Å². The summed E-state index contributed by atoms with van der Waals surface area (Å²) in [6.07, 6.45) is 0. The number of nitrogens with one attached hydrogen (secondary N) is 2. The molecule has 0 fully saturated rings. The summed E-state index contributed by atoms with van der Waals surface area (Å²) in [5.41, 5.74) is 3.38. The van der Waals surface area contributed by atoms with Gasteiger partial charge >= 0.3 is 0 Å². The van der Waals surface area contributed by atoms with Crippen molar-refractivity contribution in [2.24, 2.45) is 0 Å². The quantitative estimate of drug-likeness (QED) is 0.270. The maximum Gasteiger partial charge on any atom is 0.257 e. The van der Waals surface area contributed by atoms with Gasteiger partial charge in [-0.25, -0.2) is 0 Å². The first-order valence-corrected chi connectivity index (χ1v) is 11.6. The molecule has 0 heterocycles. The number of hydrogen-bond acceptors (Lipinski definition) is 4. The van der Waals surface area contributed by atoms with Crippen molar-refractivity contribution in [2.45, 2.75) is 0 Å². The molecule has 0 aliphatic carbocycles. The lowest BCUT2D eigenvalue weighted by Gasteiger charge is -2.15. The fourth-order valence-corrected chi connectivity index (χ4v) is 4.06. The van der Waals surface area contributed by atoms with E-state index in [4.69, 9.17) is 32.7 Å². The molecule has 182 valence electrons. The third kappa shape index (κ3) is 5.46. The van der Waals surface area contributed by atoms with E-state index in [-0.39, 0.29) is 11.8 Å². The minimum atomic E-state index is -0.341. The molecule has 0 bridgehead atoms. The number of anilines is 2. The van der Waals surface area contributed by atoms with E-state index >= 15 is 0 Å². The Morgan fingerprint density at radius 3 is 1.36 bits per heavy atom. The summed E-state index contributed by atoms with van der Waals surface area (Å²) >= 11 is 12.3. The second-order valence-electron chi connectivity index (χ2n) is 7.70.